The van der Waals surface area contributed by atoms with Crippen LogP contribution in [0.5, 0.6) is 0 Å². The van der Waals surface area contributed by atoms with Gasteiger partial charge in [0, 0.05) is 18.0 Å². The maximum Gasteiger partial charge on any atom is 0.242 e. The summed E-state index contributed by atoms with van der Waals surface area (Å²) in [4.78, 5) is 31.1. The topological polar surface area (TPSA) is 64.1 Å². The number of hydrogen-bond donors (Lipinski definition) is 1. The number of nitrogens with zero attached hydrogens (tertiary/aromatic N) is 3. The molecule has 3 atom stereocenters. The van der Waals surface area contributed by atoms with Gasteiger partial charge in [-0.1, -0.05) is 54.3 Å². The average Bonchev–Trinajstić information content (AvgIpc) is 2.76. The van der Waals surface area contributed by atoms with Gasteiger partial charge in [0.05, 0.1) is 38.2 Å². The smallest absolute Gasteiger partial charge is 0.242 e. The molecule has 166 valence electrons. The number of fused-ring (bicyclic) bond motifs is 1. The first-order valence-electron chi connectivity index (χ1n) is 10.9. The highest BCUT2D eigenvalue weighted by atomic mass is 16.3. The molecule has 6 nitrogen and oxygen atoms in total. The summed E-state index contributed by atoms with van der Waals surface area (Å²) in [5, 5.41) is 9.97. The summed E-state index contributed by atoms with van der Waals surface area (Å²) in [6, 6.07) is 17.3. The minimum Gasteiger partial charge on any atom is -0.394 e. The number of carbonyl (C=O) groups excluding carboxylic acids is 2. The SMILES string of the molecule is CN(C)CC#Cc1ccc([C@@H]2[C@@H](CO)N3C(=O)CN(C(=O)Cc4ccccc4)C[C@H]23)cc1. The van der Waals surface area contributed by atoms with Crippen LogP contribution in [-0.2, 0) is 16.0 Å². The Morgan fingerprint density at radius 1 is 1.12 bits per heavy atom. The minimum atomic E-state index is -0.246. The zero-order valence-electron chi connectivity index (χ0n) is 18.6. The van der Waals surface area contributed by atoms with Gasteiger partial charge in [0.15, 0.2) is 0 Å². The number of piperazine rings is 1. The first kappa shape index (κ1) is 22.1. The maximum atomic E-state index is 12.9. The highest BCUT2D eigenvalue weighted by molar-refractivity contribution is 5.88. The molecule has 0 saturated carbocycles. The molecule has 0 spiro atoms. The number of benzene rings is 2. The molecule has 1 N–H and O–H groups in total. The number of carbonyl (C=O) groups is 2. The maximum absolute atomic E-state index is 12.9. The molecule has 0 aromatic heterocycles. The van der Waals surface area contributed by atoms with E-state index in [0.717, 1.165) is 16.7 Å². The number of aliphatic hydroxyl groups is 1. The van der Waals surface area contributed by atoms with Crippen LogP contribution in [0.3, 0.4) is 0 Å². The second-order valence-corrected chi connectivity index (χ2v) is 8.74. The molecule has 32 heavy (non-hydrogen) atoms. The van der Waals surface area contributed by atoms with Crippen molar-refractivity contribution >= 4 is 11.8 Å². The molecular weight excluding hydrogens is 402 g/mol. The Balaban J connectivity index is 1.48. The number of amides is 2. The van der Waals surface area contributed by atoms with Crippen molar-refractivity contribution < 1.29 is 14.7 Å². The Labute approximate surface area is 189 Å². The van der Waals surface area contributed by atoms with E-state index in [0.29, 0.717) is 13.1 Å². The summed E-state index contributed by atoms with van der Waals surface area (Å²) >= 11 is 0. The van der Waals surface area contributed by atoms with Crippen LogP contribution in [0.25, 0.3) is 0 Å². The Bertz CT molecular complexity index is 1020. The highest BCUT2D eigenvalue weighted by Gasteiger charge is 2.54. The summed E-state index contributed by atoms with van der Waals surface area (Å²) in [6.07, 6.45) is 0.287. The second kappa shape index (κ2) is 9.56. The van der Waals surface area contributed by atoms with Gasteiger partial charge in [0.1, 0.15) is 0 Å². The van der Waals surface area contributed by atoms with Gasteiger partial charge in [-0.25, -0.2) is 0 Å². The third kappa shape index (κ3) is 4.55. The van der Waals surface area contributed by atoms with Gasteiger partial charge < -0.3 is 14.9 Å². The van der Waals surface area contributed by atoms with Gasteiger partial charge in [-0.15, -0.1) is 0 Å². The Kier molecular flexibility index (Phi) is 6.59. The van der Waals surface area contributed by atoms with E-state index in [9.17, 15) is 14.7 Å². The van der Waals surface area contributed by atoms with Gasteiger partial charge in [-0.2, -0.15) is 0 Å². The molecular formula is C26H29N3O3. The molecule has 2 aliphatic heterocycles. The lowest BCUT2D eigenvalue weighted by Gasteiger charge is -2.58. The van der Waals surface area contributed by atoms with Crippen molar-refractivity contribution in [3.8, 4) is 11.8 Å². The van der Waals surface area contributed by atoms with Crippen molar-refractivity contribution in [3.63, 3.8) is 0 Å². The summed E-state index contributed by atoms with van der Waals surface area (Å²) < 4.78 is 0. The molecule has 0 aliphatic carbocycles. The van der Waals surface area contributed by atoms with E-state index < -0.39 is 0 Å². The van der Waals surface area contributed by atoms with Crippen LogP contribution < -0.4 is 0 Å². The van der Waals surface area contributed by atoms with E-state index in [1.54, 1.807) is 9.80 Å². The van der Waals surface area contributed by atoms with E-state index in [1.165, 1.54) is 0 Å². The molecule has 2 heterocycles. The zero-order chi connectivity index (χ0) is 22.7. The van der Waals surface area contributed by atoms with E-state index >= 15 is 0 Å². The summed E-state index contributed by atoms with van der Waals surface area (Å²) in [6.45, 7) is 1.17. The van der Waals surface area contributed by atoms with Gasteiger partial charge in [-0.05, 0) is 37.4 Å². The normalized spacial score (nSPS) is 22.1. The Morgan fingerprint density at radius 3 is 2.50 bits per heavy atom. The Morgan fingerprint density at radius 2 is 1.84 bits per heavy atom. The number of hydrogen-bond acceptors (Lipinski definition) is 4. The lowest BCUT2D eigenvalue weighted by Crippen LogP contribution is -2.73. The average molecular weight is 432 g/mol. The van der Waals surface area contributed by atoms with Crippen molar-refractivity contribution in [2.45, 2.75) is 24.4 Å². The van der Waals surface area contributed by atoms with Crippen LogP contribution in [0.1, 0.15) is 22.6 Å². The van der Waals surface area contributed by atoms with Gasteiger partial charge >= 0.3 is 0 Å². The molecule has 2 aliphatic rings. The van der Waals surface area contributed by atoms with Crippen LogP contribution in [-0.4, -0.2) is 84.0 Å². The lowest BCUT2D eigenvalue weighted by molar-refractivity contribution is -0.166. The molecule has 2 aromatic rings. The fourth-order valence-corrected chi connectivity index (χ4v) is 4.66. The predicted octanol–water partition coefficient (Wildman–Crippen LogP) is 1.34. The second-order valence-electron chi connectivity index (χ2n) is 8.74. The molecule has 6 heteroatoms. The van der Waals surface area contributed by atoms with Crippen molar-refractivity contribution in [2.75, 3.05) is 40.3 Å². The first-order valence-corrected chi connectivity index (χ1v) is 10.9. The van der Waals surface area contributed by atoms with E-state index in [4.69, 9.17) is 0 Å². The van der Waals surface area contributed by atoms with Crippen molar-refractivity contribution in [2.24, 2.45) is 0 Å². The first-order chi connectivity index (χ1) is 15.5. The largest absolute Gasteiger partial charge is 0.394 e. The Hall–Kier alpha value is -3.14. The molecule has 2 fully saturated rings. The molecule has 2 aromatic carbocycles. The van der Waals surface area contributed by atoms with Gasteiger partial charge in [-0.3, -0.25) is 14.5 Å². The van der Waals surface area contributed by atoms with Crippen LogP contribution in [0.4, 0.5) is 0 Å². The van der Waals surface area contributed by atoms with Crippen LogP contribution in [0.2, 0.25) is 0 Å². The molecule has 0 unspecified atom stereocenters. The molecule has 2 saturated heterocycles. The fraction of sp³-hybridized carbons (Fsp3) is 0.385. The van der Waals surface area contributed by atoms with Crippen LogP contribution >= 0.6 is 0 Å². The zero-order valence-corrected chi connectivity index (χ0v) is 18.6. The molecule has 0 radical (unpaired) electrons. The number of aliphatic hydroxyl groups excluding tert-OH is 1. The number of rotatable bonds is 5. The van der Waals surface area contributed by atoms with Gasteiger partial charge in [0.2, 0.25) is 11.8 Å². The van der Waals surface area contributed by atoms with Crippen molar-refractivity contribution in [1.29, 1.82) is 0 Å². The van der Waals surface area contributed by atoms with E-state index in [-0.39, 0.29) is 49.4 Å². The van der Waals surface area contributed by atoms with E-state index in [2.05, 4.69) is 11.8 Å². The minimum absolute atomic E-state index is 0.0000552. The predicted molar refractivity (Wildman–Crippen MR) is 123 cm³/mol. The van der Waals surface area contributed by atoms with E-state index in [1.807, 2.05) is 73.6 Å². The third-order valence-electron chi connectivity index (χ3n) is 6.23. The summed E-state index contributed by atoms with van der Waals surface area (Å²) in [5.74, 6) is 6.15. The highest BCUT2D eigenvalue weighted by Crippen LogP contribution is 2.42. The van der Waals surface area contributed by atoms with Crippen LogP contribution in [0, 0.1) is 11.8 Å². The molecule has 0 bridgehead atoms. The molecule has 2 amide bonds. The third-order valence-corrected chi connectivity index (χ3v) is 6.23. The molecule has 4 rings (SSSR count). The quantitative estimate of drug-likeness (QED) is 0.726. The lowest BCUT2D eigenvalue weighted by atomic mass is 9.73. The monoisotopic (exact) mass is 431 g/mol. The summed E-state index contributed by atoms with van der Waals surface area (Å²) in [7, 11) is 3.96. The summed E-state index contributed by atoms with van der Waals surface area (Å²) in [5.41, 5.74) is 2.94. The van der Waals surface area contributed by atoms with Gasteiger partial charge in [0.25, 0.3) is 0 Å². The van der Waals surface area contributed by atoms with Crippen molar-refractivity contribution in [1.82, 2.24) is 14.7 Å². The van der Waals surface area contributed by atoms with Crippen LogP contribution in [0.15, 0.2) is 54.6 Å². The van der Waals surface area contributed by atoms with Crippen molar-refractivity contribution in [3.05, 3.63) is 71.3 Å². The fourth-order valence-electron chi connectivity index (χ4n) is 4.66. The standard InChI is InChI=1S/C26H29N3O3/c1-27(2)14-6-9-19-10-12-21(13-11-19)26-22-16-28(17-25(32)29(22)23(26)18-30)24(31)15-20-7-4-3-5-8-20/h3-5,7-8,10-13,22-23,26,30H,14-18H2,1-2H3/t22-,23-,26+/m1/s1.